The molecule has 0 aliphatic carbocycles. The van der Waals surface area contributed by atoms with Gasteiger partial charge in [0.25, 0.3) is 5.91 Å². The lowest BCUT2D eigenvalue weighted by Crippen LogP contribution is -2.87. The van der Waals surface area contributed by atoms with Crippen LogP contribution < -0.4 is 10.6 Å². The minimum absolute atomic E-state index is 0.00258. The molecule has 5 heteroatoms. The van der Waals surface area contributed by atoms with Crippen LogP contribution in [0.5, 0.6) is 0 Å². The molecule has 0 atom stereocenters. The van der Waals surface area contributed by atoms with E-state index < -0.39 is 0 Å². The molecule has 2 aromatic rings. The summed E-state index contributed by atoms with van der Waals surface area (Å²) in [5.74, 6) is -0.00258. The van der Waals surface area contributed by atoms with Gasteiger partial charge >= 0.3 is 0 Å². The Labute approximate surface area is 135 Å². The lowest BCUT2D eigenvalue weighted by Gasteiger charge is -2.10. The molecule has 22 heavy (non-hydrogen) atoms. The summed E-state index contributed by atoms with van der Waals surface area (Å²) in [6.07, 6.45) is 0. The van der Waals surface area contributed by atoms with Crippen LogP contribution >= 0.6 is 11.8 Å². The van der Waals surface area contributed by atoms with E-state index in [-0.39, 0.29) is 5.91 Å². The molecule has 0 unspecified atom stereocenters. The van der Waals surface area contributed by atoms with E-state index in [4.69, 9.17) is 4.74 Å². The molecule has 0 aromatic heterocycles. The first-order valence-electron chi connectivity index (χ1n) is 7.22. The second kappa shape index (κ2) is 9.25. The third-order valence-corrected chi connectivity index (χ3v) is 4.07. The molecule has 0 bridgehead atoms. The van der Waals surface area contributed by atoms with E-state index in [2.05, 4.69) is 17.4 Å². The number of rotatable bonds is 8. The molecule has 0 aliphatic heterocycles. The van der Waals surface area contributed by atoms with Gasteiger partial charge in [0, 0.05) is 16.9 Å². The summed E-state index contributed by atoms with van der Waals surface area (Å²) < 4.78 is 4.96. The minimum Gasteiger partial charge on any atom is -0.379 e. The van der Waals surface area contributed by atoms with Crippen LogP contribution in [0.3, 0.4) is 0 Å². The number of benzene rings is 2. The summed E-state index contributed by atoms with van der Waals surface area (Å²) in [4.78, 5) is 14.2. The molecule has 0 heterocycles. The zero-order valence-corrected chi connectivity index (χ0v) is 13.4. The SMILES string of the molecule is COCC[NH2+]CC(=O)Nc1ccccc1Sc1ccccc1. The highest BCUT2D eigenvalue weighted by Gasteiger charge is 2.09. The average molecular weight is 317 g/mol. The van der Waals surface area contributed by atoms with Gasteiger partial charge in [0.05, 0.1) is 18.8 Å². The Kier molecular flexibility index (Phi) is 6.96. The molecule has 0 fully saturated rings. The number of amides is 1. The van der Waals surface area contributed by atoms with Crippen molar-refractivity contribution in [3.05, 3.63) is 54.6 Å². The zero-order chi connectivity index (χ0) is 15.6. The Morgan fingerprint density at radius 1 is 1.14 bits per heavy atom. The normalized spacial score (nSPS) is 10.4. The number of hydrogen-bond acceptors (Lipinski definition) is 3. The number of carbonyl (C=O) groups is 1. The highest BCUT2D eigenvalue weighted by Crippen LogP contribution is 2.32. The summed E-state index contributed by atoms with van der Waals surface area (Å²) in [5, 5.41) is 4.91. The fraction of sp³-hybridized carbons (Fsp3) is 0.235. The summed E-state index contributed by atoms with van der Waals surface area (Å²) in [6, 6.07) is 18.0. The van der Waals surface area contributed by atoms with Crippen molar-refractivity contribution in [2.24, 2.45) is 0 Å². The van der Waals surface area contributed by atoms with Crippen LogP contribution in [0, 0.1) is 0 Å². The molecule has 0 spiro atoms. The quantitative estimate of drug-likeness (QED) is 0.732. The first kappa shape index (κ1) is 16.5. The van der Waals surface area contributed by atoms with Gasteiger partial charge in [0.1, 0.15) is 0 Å². The highest BCUT2D eigenvalue weighted by atomic mass is 32.2. The first-order valence-corrected chi connectivity index (χ1v) is 8.03. The van der Waals surface area contributed by atoms with Gasteiger partial charge in [-0.15, -0.1) is 0 Å². The van der Waals surface area contributed by atoms with Gasteiger partial charge in [0.15, 0.2) is 6.54 Å². The molecule has 3 N–H and O–H groups in total. The summed E-state index contributed by atoms with van der Waals surface area (Å²) in [7, 11) is 1.66. The van der Waals surface area contributed by atoms with E-state index in [0.717, 1.165) is 22.0 Å². The van der Waals surface area contributed by atoms with Crippen molar-refractivity contribution in [2.75, 3.05) is 32.1 Å². The van der Waals surface area contributed by atoms with E-state index in [1.54, 1.807) is 18.9 Å². The second-order valence-corrected chi connectivity index (χ2v) is 5.85. The van der Waals surface area contributed by atoms with E-state index in [0.29, 0.717) is 13.2 Å². The standard InChI is InChI=1S/C17H20N2O2S/c1-21-12-11-18-13-17(20)19-15-9-5-6-10-16(15)22-14-7-3-2-4-8-14/h2-10,18H,11-13H2,1H3,(H,19,20)/p+1. The van der Waals surface area contributed by atoms with Crippen molar-refractivity contribution in [1.82, 2.24) is 0 Å². The summed E-state index contributed by atoms with van der Waals surface area (Å²) in [5.41, 5.74) is 0.849. The maximum Gasteiger partial charge on any atom is 0.279 e. The van der Waals surface area contributed by atoms with Crippen molar-refractivity contribution < 1.29 is 14.8 Å². The van der Waals surface area contributed by atoms with Crippen LogP contribution in [0.1, 0.15) is 0 Å². The maximum atomic E-state index is 12.0. The molecule has 2 rings (SSSR count). The number of anilines is 1. The average Bonchev–Trinajstić information content (AvgIpc) is 2.54. The number of quaternary nitrogens is 1. The molecule has 0 saturated carbocycles. The molecule has 0 saturated heterocycles. The summed E-state index contributed by atoms with van der Waals surface area (Å²) >= 11 is 1.64. The lowest BCUT2D eigenvalue weighted by atomic mass is 10.3. The Bertz CT molecular complexity index is 590. The molecule has 0 radical (unpaired) electrons. The van der Waals surface area contributed by atoms with Crippen LogP contribution in [-0.4, -0.2) is 32.7 Å². The van der Waals surface area contributed by atoms with Crippen molar-refractivity contribution in [3.63, 3.8) is 0 Å². The van der Waals surface area contributed by atoms with E-state index >= 15 is 0 Å². The van der Waals surface area contributed by atoms with Gasteiger partial charge in [-0.1, -0.05) is 42.1 Å². The van der Waals surface area contributed by atoms with Gasteiger partial charge in [-0.2, -0.15) is 0 Å². The van der Waals surface area contributed by atoms with E-state index in [9.17, 15) is 4.79 Å². The molecule has 2 aromatic carbocycles. The van der Waals surface area contributed by atoms with E-state index in [1.165, 1.54) is 0 Å². The predicted octanol–water partition coefficient (Wildman–Crippen LogP) is 1.99. The second-order valence-electron chi connectivity index (χ2n) is 4.73. The minimum atomic E-state index is -0.00258. The van der Waals surface area contributed by atoms with Gasteiger partial charge < -0.3 is 15.4 Å². The highest BCUT2D eigenvalue weighted by molar-refractivity contribution is 7.99. The van der Waals surface area contributed by atoms with E-state index in [1.807, 2.05) is 47.8 Å². The monoisotopic (exact) mass is 317 g/mol. The largest absolute Gasteiger partial charge is 0.379 e. The van der Waals surface area contributed by atoms with Crippen molar-refractivity contribution in [3.8, 4) is 0 Å². The van der Waals surface area contributed by atoms with Crippen LogP contribution in [0.2, 0.25) is 0 Å². The Morgan fingerprint density at radius 2 is 1.86 bits per heavy atom. The Balaban J connectivity index is 1.95. The number of hydrogen-bond donors (Lipinski definition) is 2. The van der Waals surface area contributed by atoms with Crippen LogP contribution in [-0.2, 0) is 9.53 Å². The fourth-order valence-corrected chi connectivity index (χ4v) is 2.83. The van der Waals surface area contributed by atoms with Gasteiger partial charge in [-0.3, -0.25) is 4.79 Å². The maximum absolute atomic E-state index is 12.0. The fourth-order valence-electron chi connectivity index (χ4n) is 1.91. The number of nitrogens with one attached hydrogen (secondary N) is 1. The van der Waals surface area contributed by atoms with Gasteiger partial charge in [-0.05, 0) is 24.3 Å². The van der Waals surface area contributed by atoms with Crippen molar-refractivity contribution in [1.29, 1.82) is 0 Å². The van der Waals surface area contributed by atoms with Gasteiger partial charge in [0.2, 0.25) is 0 Å². The third-order valence-electron chi connectivity index (χ3n) is 2.99. The summed E-state index contributed by atoms with van der Waals surface area (Å²) in [6.45, 7) is 1.83. The number of carbonyl (C=O) groups excluding carboxylic acids is 1. The molecular formula is C17H21N2O2S+. The van der Waals surface area contributed by atoms with Crippen LogP contribution in [0.25, 0.3) is 0 Å². The van der Waals surface area contributed by atoms with Crippen LogP contribution in [0.15, 0.2) is 64.4 Å². The topological polar surface area (TPSA) is 54.9 Å². The number of methoxy groups -OCH3 is 1. The molecule has 1 amide bonds. The number of para-hydroxylation sites is 1. The first-order chi connectivity index (χ1) is 10.8. The predicted molar refractivity (Wildman–Crippen MR) is 89.2 cm³/mol. The number of ether oxygens (including phenoxy) is 1. The molecular weight excluding hydrogens is 296 g/mol. The Hall–Kier alpha value is -1.82. The zero-order valence-electron chi connectivity index (χ0n) is 12.6. The van der Waals surface area contributed by atoms with Crippen LogP contribution in [0.4, 0.5) is 5.69 Å². The molecule has 116 valence electrons. The smallest absolute Gasteiger partial charge is 0.279 e. The number of nitrogens with two attached hydrogens (primary N) is 1. The molecule has 0 aliphatic rings. The molecule has 4 nitrogen and oxygen atoms in total. The van der Waals surface area contributed by atoms with Gasteiger partial charge in [-0.25, -0.2) is 0 Å². The van der Waals surface area contributed by atoms with Crippen molar-refractivity contribution >= 4 is 23.4 Å². The lowest BCUT2D eigenvalue weighted by molar-refractivity contribution is -0.645. The Morgan fingerprint density at radius 3 is 2.64 bits per heavy atom. The van der Waals surface area contributed by atoms with Crippen molar-refractivity contribution in [2.45, 2.75) is 9.79 Å². The third kappa shape index (κ3) is 5.52.